The average molecular weight is 457 g/mol. The summed E-state index contributed by atoms with van der Waals surface area (Å²) in [5.41, 5.74) is 1.28. The predicted molar refractivity (Wildman–Crippen MR) is 118 cm³/mol. The summed E-state index contributed by atoms with van der Waals surface area (Å²) in [6.45, 7) is 1.92. The Morgan fingerprint density at radius 3 is 2.77 bits per heavy atom. The molecule has 1 atom stereocenters. The van der Waals surface area contributed by atoms with Crippen molar-refractivity contribution in [1.82, 2.24) is 20.2 Å². The van der Waals surface area contributed by atoms with Gasteiger partial charge in [-0.3, -0.25) is 4.79 Å². The molecule has 30 heavy (non-hydrogen) atoms. The molecule has 0 bridgehead atoms. The molecule has 150 valence electrons. The zero-order valence-electron chi connectivity index (χ0n) is 15.5. The highest BCUT2D eigenvalue weighted by Gasteiger charge is 2.19. The molecule has 1 unspecified atom stereocenters. The Morgan fingerprint density at radius 2 is 2.00 bits per heavy atom. The molecule has 5 rings (SSSR count). The maximum atomic E-state index is 13.2. The molecule has 0 saturated heterocycles. The van der Waals surface area contributed by atoms with Gasteiger partial charge in [-0.2, -0.15) is 0 Å². The SMILES string of the molecule is CC(Sc1nc2scc(-c3ccc(F)cc3)c2c(=O)[nH]1)c1nnc(-c2cccs2)o1. The maximum absolute atomic E-state index is 13.2. The largest absolute Gasteiger partial charge is 0.419 e. The van der Waals surface area contributed by atoms with Crippen molar-refractivity contribution in [2.24, 2.45) is 0 Å². The van der Waals surface area contributed by atoms with Crippen molar-refractivity contribution in [2.45, 2.75) is 17.3 Å². The number of aromatic nitrogens is 4. The number of benzene rings is 1. The van der Waals surface area contributed by atoms with E-state index in [0.717, 1.165) is 16.0 Å². The average Bonchev–Trinajstić information content (AvgIpc) is 3.48. The van der Waals surface area contributed by atoms with Crippen molar-refractivity contribution in [2.75, 3.05) is 0 Å². The normalized spacial score (nSPS) is 12.5. The third-order valence-electron chi connectivity index (χ3n) is 4.39. The van der Waals surface area contributed by atoms with Gasteiger partial charge in [-0.05, 0) is 36.1 Å². The van der Waals surface area contributed by atoms with Gasteiger partial charge in [0.2, 0.25) is 5.89 Å². The van der Waals surface area contributed by atoms with Crippen LogP contribution in [-0.4, -0.2) is 20.2 Å². The molecule has 0 radical (unpaired) electrons. The Hall–Kier alpha value is -2.82. The number of thiophene rings is 2. The van der Waals surface area contributed by atoms with E-state index in [9.17, 15) is 9.18 Å². The van der Waals surface area contributed by atoms with E-state index in [4.69, 9.17) is 4.42 Å². The lowest BCUT2D eigenvalue weighted by Crippen LogP contribution is -2.09. The third-order valence-corrected chi connectivity index (χ3v) is 7.09. The van der Waals surface area contributed by atoms with E-state index < -0.39 is 0 Å². The van der Waals surface area contributed by atoms with Gasteiger partial charge < -0.3 is 9.40 Å². The fourth-order valence-electron chi connectivity index (χ4n) is 2.94. The molecule has 0 aliphatic heterocycles. The first-order valence-corrected chi connectivity index (χ1v) is 11.5. The number of halogens is 1. The molecule has 4 heterocycles. The van der Waals surface area contributed by atoms with Crippen LogP contribution in [0.25, 0.3) is 32.1 Å². The molecule has 10 heteroatoms. The van der Waals surface area contributed by atoms with Crippen molar-refractivity contribution in [1.29, 1.82) is 0 Å². The molecule has 0 aliphatic carbocycles. The molecule has 0 amide bonds. The van der Waals surface area contributed by atoms with E-state index in [1.54, 1.807) is 12.1 Å². The molecular formula is C20H13FN4O2S3. The van der Waals surface area contributed by atoms with Crippen LogP contribution in [0.3, 0.4) is 0 Å². The van der Waals surface area contributed by atoms with Crippen molar-refractivity contribution in [3.8, 4) is 21.9 Å². The number of hydrogen-bond donors (Lipinski definition) is 1. The van der Waals surface area contributed by atoms with Gasteiger partial charge in [0, 0.05) is 10.9 Å². The quantitative estimate of drug-likeness (QED) is 0.268. The van der Waals surface area contributed by atoms with Gasteiger partial charge in [0.05, 0.1) is 15.5 Å². The summed E-state index contributed by atoms with van der Waals surface area (Å²) in [4.78, 5) is 21.7. The number of nitrogens with zero attached hydrogens (tertiary/aromatic N) is 3. The lowest BCUT2D eigenvalue weighted by atomic mass is 10.1. The topological polar surface area (TPSA) is 84.7 Å². The van der Waals surface area contributed by atoms with Gasteiger partial charge in [-0.15, -0.1) is 32.9 Å². The van der Waals surface area contributed by atoms with Crippen LogP contribution in [0.1, 0.15) is 18.1 Å². The van der Waals surface area contributed by atoms with Gasteiger partial charge in [0.15, 0.2) is 5.16 Å². The molecule has 5 aromatic rings. The van der Waals surface area contributed by atoms with E-state index in [0.29, 0.717) is 27.2 Å². The Morgan fingerprint density at radius 1 is 1.17 bits per heavy atom. The van der Waals surface area contributed by atoms with Crippen LogP contribution in [0.5, 0.6) is 0 Å². The second kappa shape index (κ2) is 7.78. The zero-order chi connectivity index (χ0) is 20.7. The number of rotatable bonds is 5. The van der Waals surface area contributed by atoms with Crippen LogP contribution in [0.15, 0.2) is 61.5 Å². The van der Waals surface area contributed by atoms with Crippen molar-refractivity contribution in [3.63, 3.8) is 0 Å². The van der Waals surface area contributed by atoms with E-state index in [1.807, 2.05) is 29.8 Å². The Bertz CT molecular complexity index is 1370. The van der Waals surface area contributed by atoms with Crippen molar-refractivity contribution >= 4 is 44.7 Å². The molecule has 0 saturated carbocycles. The van der Waals surface area contributed by atoms with Gasteiger partial charge in [0.25, 0.3) is 11.4 Å². The Balaban J connectivity index is 1.43. The number of nitrogens with one attached hydrogen (secondary N) is 1. The second-order valence-electron chi connectivity index (χ2n) is 6.39. The standard InChI is InChI=1S/C20H13FN4O2S3/c1-10(17-24-25-18(27-17)14-3-2-8-28-14)30-20-22-16(26)15-13(9-29-19(15)23-20)11-4-6-12(21)7-5-11/h2-10H,1H3,(H,22,23,26). The summed E-state index contributed by atoms with van der Waals surface area (Å²) >= 11 is 4.25. The summed E-state index contributed by atoms with van der Waals surface area (Å²) in [5.74, 6) is 0.622. The van der Waals surface area contributed by atoms with Crippen molar-refractivity contribution in [3.05, 3.63) is 69.2 Å². The summed E-state index contributed by atoms with van der Waals surface area (Å²) in [6, 6.07) is 9.90. The van der Waals surface area contributed by atoms with Crippen LogP contribution >= 0.6 is 34.4 Å². The minimum Gasteiger partial charge on any atom is -0.419 e. The lowest BCUT2D eigenvalue weighted by molar-refractivity contribution is 0.510. The van der Waals surface area contributed by atoms with Gasteiger partial charge >= 0.3 is 0 Å². The predicted octanol–water partition coefficient (Wildman–Crippen LogP) is 5.76. The molecule has 1 aromatic carbocycles. The van der Waals surface area contributed by atoms with E-state index >= 15 is 0 Å². The fourth-order valence-corrected chi connectivity index (χ4v) is 5.42. The summed E-state index contributed by atoms with van der Waals surface area (Å²) < 4.78 is 19.0. The first-order chi connectivity index (χ1) is 14.6. The minimum absolute atomic E-state index is 0.191. The first-order valence-electron chi connectivity index (χ1n) is 8.90. The molecule has 0 aliphatic rings. The number of thioether (sulfide) groups is 1. The van der Waals surface area contributed by atoms with Crippen molar-refractivity contribution < 1.29 is 8.81 Å². The smallest absolute Gasteiger partial charge is 0.260 e. The van der Waals surface area contributed by atoms with Crippen LogP contribution < -0.4 is 5.56 Å². The molecule has 0 fully saturated rings. The number of aromatic amines is 1. The van der Waals surface area contributed by atoms with E-state index in [-0.39, 0.29) is 16.6 Å². The zero-order valence-corrected chi connectivity index (χ0v) is 17.9. The Labute approximate surface area is 181 Å². The van der Waals surface area contributed by atoms with Gasteiger partial charge in [0.1, 0.15) is 10.6 Å². The van der Waals surface area contributed by atoms with Crippen LogP contribution in [0.2, 0.25) is 0 Å². The maximum Gasteiger partial charge on any atom is 0.260 e. The van der Waals surface area contributed by atoms with Gasteiger partial charge in [-0.1, -0.05) is 30.0 Å². The summed E-state index contributed by atoms with van der Waals surface area (Å²) in [7, 11) is 0. The number of hydrogen-bond acceptors (Lipinski definition) is 8. The van der Waals surface area contributed by atoms with E-state index in [1.165, 1.54) is 46.6 Å². The molecule has 6 nitrogen and oxygen atoms in total. The molecular weight excluding hydrogens is 443 g/mol. The third kappa shape index (κ3) is 3.57. The first kappa shape index (κ1) is 19.2. The summed E-state index contributed by atoms with van der Waals surface area (Å²) in [6.07, 6.45) is 0. The molecule has 4 aromatic heterocycles. The number of H-pyrrole nitrogens is 1. The summed E-state index contributed by atoms with van der Waals surface area (Å²) in [5, 5.41) is 12.8. The monoisotopic (exact) mass is 456 g/mol. The lowest BCUT2D eigenvalue weighted by Gasteiger charge is -2.06. The van der Waals surface area contributed by atoms with E-state index in [2.05, 4.69) is 20.2 Å². The Kier molecular flexibility index (Phi) is 4.97. The fraction of sp³-hybridized carbons (Fsp3) is 0.100. The molecule has 0 spiro atoms. The minimum atomic E-state index is -0.318. The highest BCUT2D eigenvalue weighted by molar-refractivity contribution is 7.99. The second-order valence-corrected chi connectivity index (χ2v) is 9.53. The molecule has 1 N–H and O–H groups in total. The van der Waals surface area contributed by atoms with Crippen LogP contribution in [-0.2, 0) is 0 Å². The highest BCUT2D eigenvalue weighted by atomic mass is 32.2. The van der Waals surface area contributed by atoms with Crippen LogP contribution in [0, 0.1) is 5.82 Å². The van der Waals surface area contributed by atoms with Gasteiger partial charge in [-0.25, -0.2) is 9.37 Å². The van der Waals surface area contributed by atoms with Crippen LogP contribution in [0.4, 0.5) is 4.39 Å². The highest BCUT2D eigenvalue weighted by Crippen LogP contribution is 2.36. The number of fused-ring (bicyclic) bond motifs is 1.